The highest BCUT2D eigenvalue weighted by atomic mass is 35.5. The van der Waals surface area contributed by atoms with E-state index in [4.69, 9.17) is 16.3 Å². The van der Waals surface area contributed by atoms with E-state index in [1.807, 2.05) is 0 Å². The lowest BCUT2D eigenvalue weighted by Crippen LogP contribution is -2.35. The number of benzene rings is 1. The summed E-state index contributed by atoms with van der Waals surface area (Å²) in [5.74, 6) is -0.433. The number of carbonyl (C=O) groups is 1. The first-order valence-corrected chi connectivity index (χ1v) is 8.46. The third-order valence-electron chi connectivity index (χ3n) is 4.09. The van der Waals surface area contributed by atoms with E-state index >= 15 is 0 Å². The van der Waals surface area contributed by atoms with Gasteiger partial charge in [0, 0.05) is 36.8 Å². The molecule has 0 radical (unpaired) electrons. The van der Waals surface area contributed by atoms with Gasteiger partial charge >= 0.3 is 0 Å². The Morgan fingerprint density at radius 3 is 2.83 bits per heavy atom. The smallest absolute Gasteiger partial charge is 0.253 e. The maximum atomic E-state index is 11.9. The Hall–Kier alpha value is -1.14. The topological polar surface area (TPSA) is 61.8 Å². The van der Waals surface area contributed by atoms with Crippen LogP contribution in [0.5, 0.6) is 0 Å². The molecule has 0 aliphatic carbocycles. The molecule has 6 heteroatoms. The lowest BCUT2D eigenvalue weighted by molar-refractivity contribution is -0.129. The van der Waals surface area contributed by atoms with Gasteiger partial charge in [0.1, 0.15) is 0 Å². The van der Waals surface area contributed by atoms with Gasteiger partial charge < -0.3 is 20.1 Å². The first kappa shape index (κ1) is 18.2. The Morgan fingerprint density at radius 1 is 1.43 bits per heavy atom. The van der Waals surface area contributed by atoms with E-state index < -0.39 is 12.0 Å². The van der Waals surface area contributed by atoms with E-state index in [2.05, 4.69) is 17.3 Å². The third-order valence-corrected chi connectivity index (χ3v) is 4.43. The summed E-state index contributed by atoms with van der Waals surface area (Å²) >= 11 is 5.98. The van der Waals surface area contributed by atoms with Crippen LogP contribution in [-0.2, 0) is 9.53 Å². The van der Waals surface area contributed by atoms with Crippen LogP contribution in [0.3, 0.4) is 0 Å². The van der Waals surface area contributed by atoms with Crippen molar-refractivity contribution < 1.29 is 14.6 Å². The van der Waals surface area contributed by atoms with Crippen LogP contribution >= 0.6 is 11.6 Å². The first-order valence-electron chi connectivity index (χ1n) is 8.08. The highest BCUT2D eigenvalue weighted by Gasteiger charge is 2.19. The zero-order chi connectivity index (χ0) is 16.7. The second kappa shape index (κ2) is 9.23. The number of aliphatic hydroxyl groups is 1. The summed E-state index contributed by atoms with van der Waals surface area (Å²) in [5, 5.41) is 13.1. The molecule has 0 bridgehead atoms. The molecular weight excluding hydrogens is 316 g/mol. The van der Waals surface area contributed by atoms with Crippen LogP contribution in [0.25, 0.3) is 0 Å². The van der Waals surface area contributed by atoms with E-state index in [0.717, 1.165) is 32.4 Å². The van der Waals surface area contributed by atoms with E-state index in [1.54, 1.807) is 24.3 Å². The van der Waals surface area contributed by atoms with Gasteiger partial charge in [-0.15, -0.1) is 0 Å². The van der Waals surface area contributed by atoms with Gasteiger partial charge in [-0.2, -0.15) is 0 Å². The van der Waals surface area contributed by atoms with Crippen molar-refractivity contribution in [3.63, 3.8) is 0 Å². The molecule has 1 aliphatic heterocycles. The number of halogens is 1. The molecule has 128 valence electrons. The van der Waals surface area contributed by atoms with Crippen molar-refractivity contribution in [2.24, 2.45) is 0 Å². The van der Waals surface area contributed by atoms with Crippen molar-refractivity contribution in [3.8, 4) is 0 Å². The number of ether oxygens (including phenoxy) is 1. The van der Waals surface area contributed by atoms with Crippen LogP contribution < -0.4 is 5.32 Å². The molecule has 1 aromatic carbocycles. The van der Waals surface area contributed by atoms with Crippen LogP contribution in [0.1, 0.15) is 30.9 Å². The van der Waals surface area contributed by atoms with E-state index in [-0.39, 0.29) is 0 Å². The van der Waals surface area contributed by atoms with E-state index in [0.29, 0.717) is 29.8 Å². The number of carbonyl (C=O) groups excluding carboxylic acids is 1. The minimum absolute atomic E-state index is 0.329. The number of nitrogens with one attached hydrogen (secondary N) is 1. The minimum Gasteiger partial charge on any atom is -0.378 e. The van der Waals surface area contributed by atoms with Crippen molar-refractivity contribution in [2.45, 2.75) is 31.5 Å². The number of likely N-dealkylation sites (tertiary alicyclic amines) is 1. The number of amides is 1. The summed E-state index contributed by atoms with van der Waals surface area (Å²) in [5.41, 5.74) is 0.425. The Labute approximate surface area is 142 Å². The molecule has 0 aromatic heterocycles. The van der Waals surface area contributed by atoms with Crippen LogP contribution in [0.2, 0.25) is 5.02 Å². The van der Waals surface area contributed by atoms with Crippen molar-refractivity contribution in [3.05, 3.63) is 34.9 Å². The molecule has 0 spiro atoms. The number of hydrogen-bond acceptors (Lipinski definition) is 4. The van der Waals surface area contributed by atoms with Gasteiger partial charge in [0.15, 0.2) is 6.10 Å². The third kappa shape index (κ3) is 5.77. The number of piperidine rings is 1. The summed E-state index contributed by atoms with van der Waals surface area (Å²) in [6, 6.07) is 6.81. The molecule has 1 fully saturated rings. The molecule has 0 saturated carbocycles. The molecule has 5 nitrogen and oxygen atoms in total. The molecular formula is C17H25ClN2O3. The Bertz CT molecular complexity index is 504. The molecule has 2 N–H and O–H groups in total. The van der Waals surface area contributed by atoms with Crippen LogP contribution in [0.15, 0.2) is 24.3 Å². The highest BCUT2D eigenvalue weighted by molar-refractivity contribution is 6.31. The van der Waals surface area contributed by atoms with Crippen LogP contribution in [0, 0.1) is 0 Å². The average molecular weight is 341 g/mol. The minimum atomic E-state index is -1.24. The maximum absolute atomic E-state index is 11.9. The SMILES string of the molecule is CN1CCC(OCCCNC(=O)[C@H](O)c2ccccc2Cl)CC1. The van der Waals surface area contributed by atoms with Gasteiger partial charge in [-0.05, 0) is 32.4 Å². The van der Waals surface area contributed by atoms with Gasteiger partial charge in [-0.3, -0.25) is 4.79 Å². The second-order valence-corrected chi connectivity index (χ2v) is 6.35. The Morgan fingerprint density at radius 2 is 2.13 bits per heavy atom. The first-order chi connectivity index (χ1) is 11.1. The maximum Gasteiger partial charge on any atom is 0.253 e. The molecule has 1 saturated heterocycles. The lowest BCUT2D eigenvalue weighted by Gasteiger charge is -2.28. The second-order valence-electron chi connectivity index (χ2n) is 5.94. The molecule has 1 aromatic rings. The van der Waals surface area contributed by atoms with Crippen molar-refractivity contribution in [2.75, 3.05) is 33.3 Å². The van der Waals surface area contributed by atoms with Gasteiger partial charge in [0.05, 0.1) is 6.10 Å². The van der Waals surface area contributed by atoms with E-state index in [9.17, 15) is 9.90 Å². The Balaban J connectivity index is 1.62. The van der Waals surface area contributed by atoms with Crippen molar-refractivity contribution in [1.29, 1.82) is 0 Å². The molecule has 23 heavy (non-hydrogen) atoms. The van der Waals surface area contributed by atoms with Crippen LogP contribution in [-0.4, -0.2) is 55.3 Å². The summed E-state index contributed by atoms with van der Waals surface area (Å²) < 4.78 is 5.82. The number of aliphatic hydroxyl groups excluding tert-OH is 1. The van der Waals surface area contributed by atoms with Gasteiger partial charge in [-0.25, -0.2) is 0 Å². The van der Waals surface area contributed by atoms with Gasteiger partial charge in [0.25, 0.3) is 5.91 Å². The number of hydrogen-bond donors (Lipinski definition) is 2. The molecule has 2 rings (SSSR count). The van der Waals surface area contributed by atoms with Gasteiger partial charge in [0.2, 0.25) is 0 Å². The predicted octanol–water partition coefficient (Wildman–Crippen LogP) is 1.99. The van der Waals surface area contributed by atoms with Crippen molar-refractivity contribution >= 4 is 17.5 Å². The van der Waals surface area contributed by atoms with E-state index in [1.165, 1.54) is 0 Å². The summed E-state index contributed by atoms with van der Waals surface area (Å²) in [6.07, 6.45) is 1.95. The standard InChI is InChI=1S/C17H25ClN2O3/c1-20-10-7-13(8-11-20)23-12-4-9-19-17(22)16(21)14-5-2-3-6-15(14)18/h2-3,5-6,13,16,21H,4,7-12H2,1H3,(H,19,22)/t16-/m1/s1. The zero-order valence-corrected chi connectivity index (χ0v) is 14.3. The molecule has 0 unspecified atom stereocenters. The summed E-state index contributed by atoms with van der Waals surface area (Å²) in [6.45, 7) is 3.25. The Kier molecular flexibility index (Phi) is 7.30. The molecule has 1 aliphatic rings. The van der Waals surface area contributed by atoms with Crippen molar-refractivity contribution in [1.82, 2.24) is 10.2 Å². The lowest BCUT2D eigenvalue weighted by atomic mass is 10.1. The molecule has 1 amide bonds. The normalized spacial score (nSPS) is 17.9. The zero-order valence-electron chi connectivity index (χ0n) is 13.5. The largest absolute Gasteiger partial charge is 0.378 e. The number of nitrogens with zero attached hydrogens (tertiary/aromatic N) is 1. The van der Waals surface area contributed by atoms with Crippen LogP contribution in [0.4, 0.5) is 0 Å². The monoisotopic (exact) mass is 340 g/mol. The summed E-state index contributed by atoms with van der Waals surface area (Å²) in [4.78, 5) is 14.2. The predicted molar refractivity (Wildman–Crippen MR) is 90.5 cm³/mol. The fraction of sp³-hybridized carbons (Fsp3) is 0.588. The number of rotatable bonds is 7. The highest BCUT2D eigenvalue weighted by Crippen LogP contribution is 2.22. The van der Waals surface area contributed by atoms with Gasteiger partial charge in [-0.1, -0.05) is 29.8 Å². The average Bonchev–Trinajstić information content (AvgIpc) is 2.56. The quantitative estimate of drug-likeness (QED) is 0.745. The molecule has 1 heterocycles. The fourth-order valence-electron chi connectivity index (χ4n) is 2.62. The summed E-state index contributed by atoms with van der Waals surface area (Å²) in [7, 11) is 2.12. The molecule has 1 atom stereocenters. The fourth-order valence-corrected chi connectivity index (χ4v) is 2.86.